The van der Waals surface area contributed by atoms with E-state index in [1.807, 2.05) is 6.92 Å². The predicted octanol–water partition coefficient (Wildman–Crippen LogP) is 2.27. The van der Waals surface area contributed by atoms with Crippen molar-refractivity contribution in [2.45, 2.75) is 13.5 Å². The van der Waals surface area contributed by atoms with Crippen molar-refractivity contribution in [2.75, 3.05) is 31.1 Å². The number of piperazine rings is 1. The lowest BCUT2D eigenvalue weighted by atomic mass is 10.2. The van der Waals surface area contributed by atoms with E-state index in [4.69, 9.17) is 4.42 Å². The van der Waals surface area contributed by atoms with E-state index in [1.165, 1.54) is 17.7 Å². The van der Waals surface area contributed by atoms with Crippen LogP contribution in [-0.4, -0.2) is 41.0 Å². The van der Waals surface area contributed by atoms with Gasteiger partial charge in [-0.2, -0.15) is 0 Å². The molecule has 0 N–H and O–H groups in total. The molecule has 3 rings (SSSR count). The van der Waals surface area contributed by atoms with Crippen molar-refractivity contribution in [3.63, 3.8) is 0 Å². The molecule has 2 aromatic heterocycles. The van der Waals surface area contributed by atoms with Crippen molar-refractivity contribution in [3.8, 4) is 0 Å². The van der Waals surface area contributed by atoms with Crippen LogP contribution in [0.25, 0.3) is 0 Å². The second-order valence-electron chi connectivity index (χ2n) is 4.99. The Morgan fingerprint density at radius 3 is 2.81 bits per heavy atom. The van der Waals surface area contributed by atoms with E-state index in [-0.39, 0.29) is 10.6 Å². The molecule has 0 spiro atoms. The number of nitro groups is 1. The summed E-state index contributed by atoms with van der Waals surface area (Å²) in [6.07, 6.45) is 1.47. The van der Waals surface area contributed by atoms with Gasteiger partial charge in [-0.1, -0.05) is 0 Å². The van der Waals surface area contributed by atoms with Crippen LogP contribution in [0.3, 0.4) is 0 Å². The van der Waals surface area contributed by atoms with E-state index in [1.54, 1.807) is 11.4 Å². The number of aromatic nitrogens is 1. The van der Waals surface area contributed by atoms with Gasteiger partial charge in [0.15, 0.2) is 11.4 Å². The topological polar surface area (TPSA) is 75.7 Å². The van der Waals surface area contributed by atoms with Gasteiger partial charge < -0.3 is 9.32 Å². The van der Waals surface area contributed by atoms with E-state index in [0.717, 1.165) is 49.2 Å². The number of hydrogen-bond acceptors (Lipinski definition) is 7. The van der Waals surface area contributed by atoms with E-state index in [9.17, 15) is 10.1 Å². The molecule has 1 fully saturated rings. The molecule has 3 heterocycles. The van der Waals surface area contributed by atoms with Crippen LogP contribution in [0.2, 0.25) is 0 Å². The number of hydrogen-bond donors (Lipinski definition) is 0. The average molecular weight is 308 g/mol. The van der Waals surface area contributed by atoms with Crippen LogP contribution in [0, 0.1) is 17.0 Å². The summed E-state index contributed by atoms with van der Waals surface area (Å²) < 4.78 is 5.21. The van der Waals surface area contributed by atoms with Crippen LogP contribution in [0.1, 0.15) is 11.5 Å². The van der Waals surface area contributed by atoms with E-state index in [2.05, 4.69) is 14.8 Å². The molecule has 0 unspecified atom stereocenters. The second-order valence-corrected chi connectivity index (χ2v) is 5.88. The summed E-state index contributed by atoms with van der Waals surface area (Å²) in [4.78, 5) is 19.3. The Labute approximate surface area is 125 Å². The second kappa shape index (κ2) is 5.82. The summed E-state index contributed by atoms with van der Waals surface area (Å²) in [5, 5.41) is 13.5. The summed E-state index contributed by atoms with van der Waals surface area (Å²) in [7, 11) is 0. The number of nitrogens with zero attached hydrogens (tertiary/aromatic N) is 4. The van der Waals surface area contributed by atoms with Gasteiger partial charge in [-0.15, -0.1) is 11.3 Å². The first-order valence-corrected chi connectivity index (χ1v) is 7.61. The maximum Gasteiger partial charge on any atom is 0.303 e. The summed E-state index contributed by atoms with van der Waals surface area (Å²) in [5.74, 6) is 0.853. The molecule has 112 valence electrons. The molecule has 21 heavy (non-hydrogen) atoms. The van der Waals surface area contributed by atoms with Gasteiger partial charge >= 0.3 is 5.69 Å². The highest BCUT2D eigenvalue weighted by molar-refractivity contribution is 7.14. The van der Waals surface area contributed by atoms with Crippen molar-refractivity contribution in [1.29, 1.82) is 0 Å². The standard InChI is InChI=1S/C13H16N4O3S/c1-10-11(14-9-20-10)8-15-3-5-16(6-4-15)13-12(17(18)19)2-7-21-13/h2,7,9H,3-6,8H2,1H3. The fraction of sp³-hybridized carbons (Fsp3) is 0.462. The maximum absolute atomic E-state index is 11.0. The summed E-state index contributed by atoms with van der Waals surface area (Å²) in [5.41, 5.74) is 1.17. The van der Waals surface area contributed by atoms with Gasteiger partial charge in [0.25, 0.3) is 0 Å². The highest BCUT2D eigenvalue weighted by Gasteiger charge is 2.25. The summed E-state index contributed by atoms with van der Waals surface area (Å²) in [6.45, 7) is 5.98. The van der Waals surface area contributed by atoms with Gasteiger partial charge in [-0.3, -0.25) is 15.0 Å². The van der Waals surface area contributed by atoms with Gasteiger partial charge in [0, 0.05) is 38.8 Å². The third-order valence-electron chi connectivity index (χ3n) is 3.70. The van der Waals surface area contributed by atoms with Gasteiger partial charge in [-0.05, 0) is 12.3 Å². The first-order valence-electron chi connectivity index (χ1n) is 6.73. The summed E-state index contributed by atoms with van der Waals surface area (Å²) in [6, 6.07) is 1.57. The number of anilines is 1. The molecule has 0 aromatic carbocycles. The van der Waals surface area contributed by atoms with Crippen LogP contribution in [0.15, 0.2) is 22.3 Å². The summed E-state index contributed by atoms with van der Waals surface area (Å²) >= 11 is 1.43. The SMILES string of the molecule is Cc1ocnc1CN1CCN(c2sccc2[N+](=O)[O-])CC1. The lowest BCUT2D eigenvalue weighted by molar-refractivity contribution is -0.383. The molecule has 0 radical (unpaired) electrons. The minimum absolute atomic E-state index is 0.209. The predicted molar refractivity (Wildman–Crippen MR) is 79.7 cm³/mol. The molecule has 0 atom stereocenters. The molecule has 2 aromatic rings. The molecule has 0 saturated carbocycles. The minimum Gasteiger partial charge on any atom is -0.448 e. The average Bonchev–Trinajstić information content (AvgIpc) is 3.10. The zero-order chi connectivity index (χ0) is 14.8. The number of oxazole rings is 1. The van der Waals surface area contributed by atoms with E-state index in [0.29, 0.717) is 0 Å². The van der Waals surface area contributed by atoms with Crippen molar-refractivity contribution >= 4 is 22.0 Å². The van der Waals surface area contributed by atoms with Crippen LogP contribution in [-0.2, 0) is 6.54 Å². The number of rotatable bonds is 4. The fourth-order valence-electron chi connectivity index (χ4n) is 2.47. The Bertz CT molecular complexity index is 631. The maximum atomic E-state index is 11.0. The van der Waals surface area contributed by atoms with E-state index < -0.39 is 0 Å². The third-order valence-corrected chi connectivity index (χ3v) is 4.66. The van der Waals surface area contributed by atoms with Gasteiger partial charge in [0.2, 0.25) is 0 Å². The fourth-order valence-corrected chi connectivity index (χ4v) is 3.39. The Kier molecular flexibility index (Phi) is 3.89. The van der Waals surface area contributed by atoms with E-state index >= 15 is 0 Å². The van der Waals surface area contributed by atoms with Crippen molar-refractivity contribution in [1.82, 2.24) is 9.88 Å². The van der Waals surface area contributed by atoms with Gasteiger partial charge in [0.05, 0.1) is 10.6 Å². The smallest absolute Gasteiger partial charge is 0.303 e. The van der Waals surface area contributed by atoms with Crippen molar-refractivity contribution in [2.24, 2.45) is 0 Å². The Balaban J connectivity index is 1.61. The molecule has 0 bridgehead atoms. The lowest BCUT2D eigenvalue weighted by Gasteiger charge is -2.34. The molecule has 8 heteroatoms. The quantitative estimate of drug-likeness (QED) is 0.637. The third kappa shape index (κ3) is 2.91. The Morgan fingerprint density at radius 2 is 2.19 bits per heavy atom. The first kappa shape index (κ1) is 14.0. The van der Waals surface area contributed by atoms with Crippen molar-refractivity contribution in [3.05, 3.63) is 39.4 Å². The number of aryl methyl sites for hydroxylation is 1. The highest BCUT2D eigenvalue weighted by Crippen LogP contribution is 2.34. The molecule has 0 aliphatic carbocycles. The lowest BCUT2D eigenvalue weighted by Crippen LogP contribution is -2.45. The van der Waals surface area contributed by atoms with Crippen LogP contribution >= 0.6 is 11.3 Å². The first-order chi connectivity index (χ1) is 10.1. The zero-order valence-corrected chi connectivity index (χ0v) is 12.5. The van der Waals surface area contributed by atoms with Crippen LogP contribution in [0.5, 0.6) is 0 Å². The monoisotopic (exact) mass is 308 g/mol. The zero-order valence-electron chi connectivity index (χ0n) is 11.7. The molecular formula is C13H16N4O3S. The number of thiophene rings is 1. The minimum atomic E-state index is -0.309. The van der Waals surface area contributed by atoms with Gasteiger partial charge in [0.1, 0.15) is 5.76 Å². The molecule has 0 amide bonds. The normalized spacial score (nSPS) is 16.3. The highest BCUT2D eigenvalue weighted by atomic mass is 32.1. The molecule has 1 aliphatic rings. The van der Waals surface area contributed by atoms with Crippen molar-refractivity contribution < 1.29 is 9.34 Å². The van der Waals surface area contributed by atoms with Crippen LogP contribution < -0.4 is 4.90 Å². The largest absolute Gasteiger partial charge is 0.448 e. The molecule has 1 saturated heterocycles. The molecule has 7 nitrogen and oxygen atoms in total. The Hall–Kier alpha value is -1.93. The van der Waals surface area contributed by atoms with Gasteiger partial charge in [-0.25, -0.2) is 4.98 Å². The molecular weight excluding hydrogens is 292 g/mol. The van der Waals surface area contributed by atoms with Crippen LogP contribution in [0.4, 0.5) is 10.7 Å². The molecule has 1 aliphatic heterocycles. The Morgan fingerprint density at radius 1 is 1.43 bits per heavy atom.